The Hall–Kier alpha value is -0.940. The summed E-state index contributed by atoms with van der Waals surface area (Å²) < 4.78 is 15.7. The van der Waals surface area contributed by atoms with Crippen LogP contribution in [0.1, 0.15) is 46.0 Å². The molecular weight excluding hydrogens is 236 g/mol. The fraction of sp³-hybridized carbons (Fsp3) is 0.846. The second kappa shape index (κ2) is 7.48. The molecule has 1 aliphatic heterocycles. The summed E-state index contributed by atoms with van der Waals surface area (Å²) in [6.07, 6.45) is 2.34. The molecule has 1 rings (SSSR count). The van der Waals surface area contributed by atoms with E-state index < -0.39 is 11.8 Å². The van der Waals surface area contributed by atoms with Crippen molar-refractivity contribution in [3.8, 4) is 0 Å². The molecule has 0 radical (unpaired) electrons. The lowest BCUT2D eigenvalue weighted by Gasteiger charge is -2.21. The molecule has 0 N–H and O–H groups in total. The van der Waals surface area contributed by atoms with Gasteiger partial charge in [0.15, 0.2) is 5.79 Å². The van der Waals surface area contributed by atoms with Crippen molar-refractivity contribution in [2.75, 3.05) is 19.8 Å². The van der Waals surface area contributed by atoms with Crippen LogP contribution in [-0.2, 0) is 23.8 Å². The minimum absolute atomic E-state index is 0.0855. The molecule has 0 amide bonds. The van der Waals surface area contributed by atoms with E-state index in [9.17, 15) is 9.59 Å². The van der Waals surface area contributed by atoms with Crippen molar-refractivity contribution in [2.45, 2.75) is 51.7 Å². The molecule has 104 valence electrons. The lowest BCUT2D eigenvalue weighted by Crippen LogP contribution is -2.25. The summed E-state index contributed by atoms with van der Waals surface area (Å²) in [5.41, 5.74) is 0. The predicted molar refractivity (Wildman–Crippen MR) is 65.0 cm³/mol. The van der Waals surface area contributed by atoms with Gasteiger partial charge in [-0.1, -0.05) is 6.92 Å². The highest BCUT2D eigenvalue weighted by Gasteiger charge is 2.30. The average molecular weight is 258 g/mol. The molecule has 0 bridgehead atoms. The normalized spacial score (nSPS) is 17.7. The Kier molecular flexibility index (Phi) is 6.29. The second-order valence-electron chi connectivity index (χ2n) is 4.62. The van der Waals surface area contributed by atoms with Crippen LogP contribution in [0.2, 0.25) is 0 Å². The highest BCUT2D eigenvalue weighted by atomic mass is 16.7. The molecule has 0 aromatic carbocycles. The van der Waals surface area contributed by atoms with E-state index in [1.165, 1.54) is 0 Å². The maximum absolute atomic E-state index is 11.5. The van der Waals surface area contributed by atoms with E-state index in [1.54, 1.807) is 0 Å². The quantitative estimate of drug-likeness (QED) is 0.491. The molecule has 0 aliphatic carbocycles. The summed E-state index contributed by atoms with van der Waals surface area (Å²) in [5, 5.41) is 0. The molecule has 5 heteroatoms. The van der Waals surface area contributed by atoms with Gasteiger partial charge < -0.3 is 14.2 Å². The average Bonchev–Trinajstić information content (AvgIpc) is 2.73. The first-order valence-electron chi connectivity index (χ1n) is 6.51. The van der Waals surface area contributed by atoms with Crippen LogP contribution < -0.4 is 0 Å². The molecule has 0 saturated carbocycles. The molecule has 0 aromatic heterocycles. The minimum atomic E-state index is -0.553. The zero-order chi connectivity index (χ0) is 13.4. The summed E-state index contributed by atoms with van der Waals surface area (Å²) in [4.78, 5) is 22.7. The Morgan fingerprint density at radius 2 is 1.94 bits per heavy atom. The summed E-state index contributed by atoms with van der Waals surface area (Å²) >= 11 is 0. The Morgan fingerprint density at radius 3 is 2.56 bits per heavy atom. The Balaban J connectivity index is 2.11. The standard InChI is InChI=1S/C13H22O5/c1-3-7-16-12(15)10-11(14)5-4-6-13(2)17-8-9-18-13/h3-10H2,1-2H3. The molecule has 0 aromatic rings. The number of ketones is 1. The highest BCUT2D eigenvalue weighted by Crippen LogP contribution is 2.24. The summed E-state index contributed by atoms with van der Waals surface area (Å²) in [6, 6.07) is 0. The molecule has 1 fully saturated rings. The second-order valence-corrected chi connectivity index (χ2v) is 4.62. The fourth-order valence-corrected chi connectivity index (χ4v) is 1.82. The van der Waals surface area contributed by atoms with Gasteiger partial charge in [-0.15, -0.1) is 0 Å². The highest BCUT2D eigenvalue weighted by molar-refractivity contribution is 5.95. The third-order valence-corrected chi connectivity index (χ3v) is 2.79. The number of hydrogen-bond acceptors (Lipinski definition) is 5. The van der Waals surface area contributed by atoms with E-state index in [0.717, 1.165) is 6.42 Å². The molecule has 0 unspecified atom stereocenters. The van der Waals surface area contributed by atoms with Gasteiger partial charge in [-0.2, -0.15) is 0 Å². The summed E-state index contributed by atoms with van der Waals surface area (Å²) in [6.45, 7) is 5.38. The van der Waals surface area contributed by atoms with Crippen LogP contribution >= 0.6 is 0 Å². The Morgan fingerprint density at radius 1 is 1.28 bits per heavy atom. The smallest absolute Gasteiger partial charge is 0.313 e. The number of Topliss-reactive ketones (excluding diaryl/α,β-unsaturated/α-hetero) is 1. The number of carbonyl (C=O) groups is 2. The van der Waals surface area contributed by atoms with E-state index >= 15 is 0 Å². The maximum atomic E-state index is 11.5. The van der Waals surface area contributed by atoms with Crippen LogP contribution in [0.4, 0.5) is 0 Å². The molecule has 18 heavy (non-hydrogen) atoms. The van der Waals surface area contributed by atoms with Gasteiger partial charge in [0, 0.05) is 12.8 Å². The van der Waals surface area contributed by atoms with Crippen molar-refractivity contribution in [1.82, 2.24) is 0 Å². The molecule has 1 heterocycles. The lowest BCUT2D eigenvalue weighted by atomic mass is 10.1. The van der Waals surface area contributed by atoms with Crippen molar-refractivity contribution in [2.24, 2.45) is 0 Å². The lowest BCUT2D eigenvalue weighted by molar-refractivity contribution is -0.149. The van der Waals surface area contributed by atoms with Crippen molar-refractivity contribution in [3.05, 3.63) is 0 Å². The third kappa shape index (κ3) is 5.60. The monoisotopic (exact) mass is 258 g/mol. The summed E-state index contributed by atoms with van der Waals surface area (Å²) in [7, 11) is 0. The number of rotatable bonds is 8. The van der Waals surface area contributed by atoms with E-state index in [-0.39, 0.29) is 12.2 Å². The molecule has 0 atom stereocenters. The van der Waals surface area contributed by atoms with E-state index in [1.807, 2.05) is 13.8 Å². The van der Waals surface area contributed by atoms with Crippen molar-refractivity contribution >= 4 is 11.8 Å². The van der Waals surface area contributed by atoms with Gasteiger partial charge >= 0.3 is 5.97 Å². The largest absolute Gasteiger partial charge is 0.465 e. The first-order valence-corrected chi connectivity index (χ1v) is 6.51. The van der Waals surface area contributed by atoms with Crippen LogP contribution in [0.3, 0.4) is 0 Å². The van der Waals surface area contributed by atoms with Crippen molar-refractivity contribution in [1.29, 1.82) is 0 Å². The van der Waals surface area contributed by atoms with Crippen molar-refractivity contribution < 1.29 is 23.8 Å². The number of esters is 1. The zero-order valence-corrected chi connectivity index (χ0v) is 11.2. The molecule has 1 aliphatic rings. The Bertz CT molecular complexity index is 281. The van der Waals surface area contributed by atoms with Crippen LogP contribution in [0.5, 0.6) is 0 Å². The van der Waals surface area contributed by atoms with E-state index in [0.29, 0.717) is 39.1 Å². The van der Waals surface area contributed by atoms with Gasteiger partial charge in [-0.25, -0.2) is 0 Å². The van der Waals surface area contributed by atoms with Gasteiger partial charge in [0.05, 0.1) is 19.8 Å². The minimum Gasteiger partial charge on any atom is -0.465 e. The predicted octanol–water partition coefficient (Wildman–Crippen LogP) is 1.83. The fourth-order valence-electron chi connectivity index (χ4n) is 1.82. The van der Waals surface area contributed by atoms with Gasteiger partial charge in [0.25, 0.3) is 0 Å². The molecular formula is C13H22O5. The van der Waals surface area contributed by atoms with Crippen molar-refractivity contribution in [3.63, 3.8) is 0 Å². The summed E-state index contributed by atoms with van der Waals surface area (Å²) in [5.74, 6) is -1.07. The van der Waals surface area contributed by atoms with Crippen LogP contribution in [0, 0.1) is 0 Å². The SMILES string of the molecule is CCCOC(=O)CC(=O)CCCC1(C)OCCO1. The van der Waals surface area contributed by atoms with Gasteiger partial charge in [0.1, 0.15) is 12.2 Å². The third-order valence-electron chi connectivity index (χ3n) is 2.79. The number of hydrogen-bond donors (Lipinski definition) is 0. The first kappa shape index (κ1) is 15.1. The van der Waals surface area contributed by atoms with Crippen LogP contribution in [0.15, 0.2) is 0 Å². The molecule has 0 spiro atoms. The van der Waals surface area contributed by atoms with Crippen LogP contribution in [0.25, 0.3) is 0 Å². The molecule has 5 nitrogen and oxygen atoms in total. The van der Waals surface area contributed by atoms with Gasteiger partial charge in [-0.3, -0.25) is 9.59 Å². The van der Waals surface area contributed by atoms with Crippen LogP contribution in [-0.4, -0.2) is 37.4 Å². The first-order chi connectivity index (χ1) is 8.56. The maximum Gasteiger partial charge on any atom is 0.313 e. The number of carbonyl (C=O) groups excluding carboxylic acids is 2. The number of ether oxygens (including phenoxy) is 3. The topological polar surface area (TPSA) is 61.8 Å². The van der Waals surface area contributed by atoms with E-state index in [4.69, 9.17) is 14.2 Å². The Labute approximate surface area is 108 Å². The molecule has 1 saturated heterocycles. The van der Waals surface area contributed by atoms with E-state index in [2.05, 4.69) is 0 Å². The van der Waals surface area contributed by atoms with Gasteiger partial charge in [-0.05, 0) is 19.8 Å². The van der Waals surface area contributed by atoms with Gasteiger partial charge in [0.2, 0.25) is 0 Å². The zero-order valence-electron chi connectivity index (χ0n) is 11.2.